The van der Waals surface area contributed by atoms with Gasteiger partial charge >= 0.3 is 0 Å². The largest absolute Gasteiger partial charge is 0.395 e. The van der Waals surface area contributed by atoms with Gasteiger partial charge in [0, 0.05) is 6.54 Å². The SMILES string of the molecule is Cc1c(Cl)c(C(F)F)nn1CC(=O)NCCO. The summed E-state index contributed by atoms with van der Waals surface area (Å²) in [5.74, 6) is -0.429. The van der Waals surface area contributed by atoms with Crippen LogP contribution in [0.4, 0.5) is 8.78 Å². The molecule has 1 rings (SSSR count). The van der Waals surface area contributed by atoms with Crippen LogP contribution >= 0.6 is 11.6 Å². The predicted molar refractivity (Wildman–Crippen MR) is 57.0 cm³/mol. The Kier molecular flexibility index (Phi) is 4.83. The molecule has 0 saturated carbocycles. The van der Waals surface area contributed by atoms with Crippen molar-refractivity contribution in [3.8, 4) is 0 Å². The summed E-state index contributed by atoms with van der Waals surface area (Å²) in [6.45, 7) is 1.21. The summed E-state index contributed by atoms with van der Waals surface area (Å²) >= 11 is 5.66. The van der Waals surface area contributed by atoms with E-state index in [0.717, 1.165) is 4.68 Å². The third-order valence-corrected chi connectivity index (χ3v) is 2.56. The zero-order chi connectivity index (χ0) is 13.0. The Hall–Kier alpha value is -1.21. The van der Waals surface area contributed by atoms with Gasteiger partial charge < -0.3 is 10.4 Å². The van der Waals surface area contributed by atoms with Crippen molar-refractivity contribution >= 4 is 17.5 Å². The number of halogens is 3. The lowest BCUT2D eigenvalue weighted by Crippen LogP contribution is -2.30. The van der Waals surface area contributed by atoms with Crippen LogP contribution in [0.25, 0.3) is 0 Å². The number of amides is 1. The summed E-state index contributed by atoms with van der Waals surface area (Å²) in [5.41, 5.74) is -0.222. The number of nitrogens with zero attached hydrogens (tertiary/aromatic N) is 2. The fourth-order valence-electron chi connectivity index (χ4n) is 1.23. The number of aliphatic hydroxyl groups excluding tert-OH is 1. The average molecular weight is 268 g/mol. The molecule has 0 spiro atoms. The third kappa shape index (κ3) is 3.37. The van der Waals surface area contributed by atoms with Gasteiger partial charge in [-0.2, -0.15) is 5.10 Å². The quantitative estimate of drug-likeness (QED) is 0.833. The number of aliphatic hydroxyl groups is 1. The molecule has 0 aliphatic rings. The molecule has 0 aliphatic carbocycles. The highest BCUT2D eigenvalue weighted by Gasteiger charge is 2.21. The van der Waals surface area contributed by atoms with Gasteiger partial charge in [0.1, 0.15) is 12.2 Å². The second-order valence-corrected chi connectivity index (χ2v) is 3.69. The molecule has 1 aromatic heterocycles. The van der Waals surface area contributed by atoms with Gasteiger partial charge in [-0.05, 0) is 6.92 Å². The van der Waals surface area contributed by atoms with Crippen LogP contribution in [0.1, 0.15) is 17.8 Å². The molecule has 0 unspecified atom stereocenters. The van der Waals surface area contributed by atoms with E-state index in [9.17, 15) is 13.6 Å². The second kappa shape index (κ2) is 5.92. The molecule has 1 heterocycles. The maximum absolute atomic E-state index is 12.5. The highest BCUT2D eigenvalue weighted by Crippen LogP contribution is 2.28. The van der Waals surface area contributed by atoms with Crippen molar-refractivity contribution in [2.75, 3.05) is 13.2 Å². The third-order valence-electron chi connectivity index (χ3n) is 2.09. The van der Waals surface area contributed by atoms with Crippen LogP contribution in [0.2, 0.25) is 5.02 Å². The minimum Gasteiger partial charge on any atom is -0.395 e. The van der Waals surface area contributed by atoms with Gasteiger partial charge in [-0.25, -0.2) is 8.78 Å². The van der Waals surface area contributed by atoms with E-state index in [4.69, 9.17) is 16.7 Å². The van der Waals surface area contributed by atoms with E-state index in [-0.39, 0.29) is 24.7 Å². The number of nitrogens with one attached hydrogen (secondary N) is 1. The molecular weight excluding hydrogens is 256 g/mol. The maximum atomic E-state index is 12.5. The Labute approximate surface area is 101 Å². The highest BCUT2D eigenvalue weighted by atomic mass is 35.5. The van der Waals surface area contributed by atoms with Crippen molar-refractivity contribution in [1.29, 1.82) is 0 Å². The first kappa shape index (κ1) is 13.9. The van der Waals surface area contributed by atoms with E-state index in [2.05, 4.69) is 10.4 Å². The summed E-state index contributed by atoms with van der Waals surface area (Å²) in [6.07, 6.45) is -2.78. The Balaban J connectivity index is 2.78. The van der Waals surface area contributed by atoms with Crippen LogP contribution in [0, 0.1) is 6.92 Å². The van der Waals surface area contributed by atoms with Crippen LogP contribution in [-0.4, -0.2) is 33.9 Å². The minimum absolute atomic E-state index is 0.106. The monoisotopic (exact) mass is 267 g/mol. The van der Waals surface area contributed by atoms with Gasteiger partial charge in [-0.1, -0.05) is 11.6 Å². The molecule has 17 heavy (non-hydrogen) atoms. The zero-order valence-electron chi connectivity index (χ0n) is 9.08. The number of hydrogen-bond donors (Lipinski definition) is 2. The molecule has 2 N–H and O–H groups in total. The van der Waals surface area contributed by atoms with Gasteiger partial charge in [0.2, 0.25) is 5.91 Å². The van der Waals surface area contributed by atoms with Crippen molar-refractivity contribution < 1.29 is 18.7 Å². The van der Waals surface area contributed by atoms with Crippen molar-refractivity contribution in [1.82, 2.24) is 15.1 Å². The van der Waals surface area contributed by atoms with E-state index in [1.54, 1.807) is 0 Å². The molecule has 96 valence electrons. The lowest BCUT2D eigenvalue weighted by atomic mass is 10.4. The van der Waals surface area contributed by atoms with Gasteiger partial charge in [-0.3, -0.25) is 9.48 Å². The highest BCUT2D eigenvalue weighted by molar-refractivity contribution is 6.31. The molecule has 5 nitrogen and oxygen atoms in total. The van der Waals surface area contributed by atoms with E-state index in [1.807, 2.05) is 0 Å². The van der Waals surface area contributed by atoms with Crippen molar-refractivity contribution in [3.05, 3.63) is 16.4 Å². The molecule has 1 aromatic rings. The summed E-state index contributed by atoms with van der Waals surface area (Å²) < 4.78 is 26.0. The predicted octanol–water partition coefficient (Wildman–Crippen LogP) is 0.891. The van der Waals surface area contributed by atoms with Crippen molar-refractivity contribution in [2.24, 2.45) is 0 Å². The Morgan fingerprint density at radius 1 is 1.65 bits per heavy atom. The Morgan fingerprint density at radius 3 is 2.76 bits per heavy atom. The first-order chi connectivity index (χ1) is 7.97. The van der Waals surface area contributed by atoms with Crippen LogP contribution in [-0.2, 0) is 11.3 Å². The minimum atomic E-state index is -2.78. The first-order valence-electron chi connectivity index (χ1n) is 4.85. The number of carbonyl (C=O) groups excluding carboxylic acids is 1. The smallest absolute Gasteiger partial charge is 0.283 e. The molecule has 8 heteroatoms. The number of hydrogen-bond acceptors (Lipinski definition) is 3. The molecule has 1 amide bonds. The Morgan fingerprint density at radius 2 is 2.29 bits per heavy atom. The Bertz CT molecular complexity index is 409. The van der Waals surface area contributed by atoms with Gasteiger partial charge in [0.15, 0.2) is 0 Å². The fraction of sp³-hybridized carbons (Fsp3) is 0.556. The van der Waals surface area contributed by atoms with Crippen LogP contribution in [0.5, 0.6) is 0 Å². The molecule has 0 aromatic carbocycles. The van der Waals surface area contributed by atoms with Crippen LogP contribution in [0.3, 0.4) is 0 Å². The molecule has 0 radical (unpaired) electrons. The lowest BCUT2D eigenvalue weighted by molar-refractivity contribution is -0.122. The van der Waals surface area contributed by atoms with E-state index < -0.39 is 18.0 Å². The van der Waals surface area contributed by atoms with E-state index in [0.29, 0.717) is 5.69 Å². The molecule has 0 aliphatic heterocycles. The first-order valence-corrected chi connectivity index (χ1v) is 5.23. The van der Waals surface area contributed by atoms with E-state index >= 15 is 0 Å². The number of alkyl halides is 2. The zero-order valence-corrected chi connectivity index (χ0v) is 9.84. The number of carbonyl (C=O) groups is 1. The van der Waals surface area contributed by atoms with Gasteiger partial charge in [0.25, 0.3) is 6.43 Å². The van der Waals surface area contributed by atoms with E-state index in [1.165, 1.54) is 6.92 Å². The fourth-order valence-corrected chi connectivity index (χ4v) is 1.45. The standard InChI is InChI=1S/C9H12ClF2N3O2/c1-5-7(10)8(9(11)12)14-15(5)4-6(17)13-2-3-16/h9,16H,2-4H2,1H3,(H,13,17). The summed E-state index contributed by atoms with van der Waals surface area (Å²) in [5, 5.41) is 14.3. The lowest BCUT2D eigenvalue weighted by Gasteiger charge is -2.04. The number of aromatic nitrogens is 2. The number of rotatable bonds is 5. The molecule has 0 atom stereocenters. The maximum Gasteiger partial charge on any atom is 0.283 e. The normalized spacial score (nSPS) is 10.9. The molecule has 0 bridgehead atoms. The van der Waals surface area contributed by atoms with Crippen LogP contribution < -0.4 is 5.32 Å². The topological polar surface area (TPSA) is 67.2 Å². The van der Waals surface area contributed by atoms with Crippen molar-refractivity contribution in [2.45, 2.75) is 19.9 Å². The summed E-state index contributed by atoms with van der Waals surface area (Å²) in [4.78, 5) is 11.3. The molecule has 0 fully saturated rings. The molecule has 0 saturated heterocycles. The van der Waals surface area contributed by atoms with Crippen LogP contribution in [0.15, 0.2) is 0 Å². The van der Waals surface area contributed by atoms with Gasteiger partial charge in [-0.15, -0.1) is 0 Å². The molecular formula is C9H12ClF2N3O2. The second-order valence-electron chi connectivity index (χ2n) is 3.32. The summed E-state index contributed by atoms with van der Waals surface area (Å²) in [7, 11) is 0. The van der Waals surface area contributed by atoms with Gasteiger partial charge in [0.05, 0.1) is 17.3 Å². The van der Waals surface area contributed by atoms with Crippen molar-refractivity contribution in [3.63, 3.8) is 0 Å². The summed E-state index contributed by atoms with van der Waals surface area (Å²) in [6, 6.07) is 0. The average Bonchev–Trinajstić information content (AvgIpc) is 2.55.